The Kier molecular flexibility index (Phi) is 6.87. The third-order valence-corrected chi connectivity index (χ3v) is 4.93. The van der Waals surface area contributed by atoms with Crippen molar-refractivity contribution >= 4 is 46.3 Å². The summed E-state index contributed by atoms with van der Waals surface area (Å²) < 4.78 is 43.9. The smallest absolute Gasteiger partial charge is 0.416 e. The Hall–Kier alpha value is -3.03. The van der Waals surface area contributed by atoms with Gasteiger partial charge in [-0.1, -0.05) is 41.4 Å². The van der Waals surface area contributed by atoms with Crippen molar-refractivity contribution in [1.82, 2.24) is 0 Å². The Balaban J connectivity index is 1.73. The van der Waals surface area contributed by atoms with Gasteiger partial charge in [0.15, 0.2) is 12.4 Å². The van der Waals surface area contributed by atoms with Crippen LogP contribution in [0.2, 0.25) is 10.0 Å². The number of carbonyl (C=O) groups excluding carboxylic acids is 2. The van der Waals surface area contributed by atoms with E-state index >= 15 is 0 Å². The standard InChI is InChI=1S/C22H14Cl2F3NO3/c23-17-9-8-13(10-18(17)24)20(29)12-31-21(30)16-6-1-2-7-19(16)28-15-5-3-4-14(11-15)22(25,26)27/h1-11,28H,12H2. The number of hydrogen-bond donors (Lipinski definition) is 1. The van der Waals surface area contributed by atoms with Crippen molar-refractivity contribution < 1.29 is 27.5 Å². The number of hydrogen-bond acceptors (Lipinski definition) is 4. The van der Waals surface area contributed by atoms with Gasteiger partial charge in [0.05, 0.1) is 26.9 Å². The number of benzene rings is 3. The Morgan fingerprint density at radius 3 is 2.35 bits per heavy atom. The highest BCUT2D eigenvalue weighted by atomic mass is 35.5. The second kappa shape index (κ2) is 9.41. The minimum Gasteiger partial charge on any atom is -0.454 e. The lowest BCUT2D eigenvalue weighted by Crippen LogP contribution is -2.15. The van der Waals surface area contributed by atoms with Crippen LogP contribution in [0, 0.1) is 0 Å². The van der Waals surface area contributed by atoms with Crippen LogP contribution in [0.3, 0.4) is 0 Å². The molecule has 4 nitrogen and oxygen atoms in total. The Labute approximate surface area is 185 Å². The van der Waals surface area contributed by atoms with Gasteiger partial charge in [-0.2, -0.15) is 13.2 Å². The summed E-state index contributed by atoms with van der Waals surface area (Å²) in [5.41, 5.74) is -0.181. The highest BCUT2D eigenvalue weighted by Gasteiger charge is 2.30. The van der Waals surface area contributed by atoms with Gasteiger partial charge in [0.2, 0.25) is 0 Å². The van der Waals surface area contributed by atoms with E-state index < -0.39 is 30.1 Å². The molecular formula is C22H14Cl2F3NO3. The molecule has 0 radical (unpaired) electrons. The number of ether oxygens (including phenoxy) is 1. The van der Waals surface area contributed by atoms with E-state index in [1.165, 1.54) is 42.5 Å². The minimum atomic E-state index is -4.50. The SMILES string of the molecule is O=C(COC(=O)c1ccccc1Nc1cccc(C(F)(F)F)c1)c1ccc(Cl)c(Cl)c1. The van der Waals surface area contributed by atoms with E-state index in [1.807, 2.05) is 0 Å². The molecule has 3 aromatic rings. The molecule has 0 aliphatic carbocycles. The van der Waals surface area contributed by atoms with E-state index in [0.717, 1.165) is 12.1 Å². The fourth-order valence-electron chi connectivity index (χ4n) is 2.66. The van der Waals surface area contributed by atoms with E-state index in [4.69, 9.17) is 27.9 Å². The molecule has 0 saturated heterocycles. The second-order valence-corrected chi connectivity index (χ2v) is 7.19. The third kappa shape index (κ3) is 5.77. The Morgan fingerprint density at radius 2 is 1.65 bits per heavy atom. The summed E-state index contributed by atoms with van der Waals surface area (Å²) in [6.45, 7) is -0.547. The van der Waals surface area contributed by atoms with E-state index in [2.05, 4.69) is 5.32 Å². The first kappa shape index (κ1) is 22.7. The molecule has 3 aromatic carbocycles. The van der Waals surface area contributed by atoms with Crippen molar-refractivity contribution in [1.29, 1.82) is 0 Å². The Morgan fingerprint density at radius 1 is 0.903 bits per heavy atom. The van der Waals surface area contributed by atoms with Crippen LogP contribution in [0.5, 0.6) is 0 Å². The lowest BCUT2D eigenvalue weighted by atomic mass is 10.1. The number of rotatable bonds is 6. The van der Waals surface area contributed by atoms with Crippen molar-refractivity contribution in [2.45, 2.75) is 6.18 Å². The predicted molar refractivity (Wildman–Crippen MR) is 112 cm³/mol. The molecule has 0 heterocycles. The van der Waals surface area contributed by atoms with Crippen LogP contribution < -0.4 is 5.32 Å². The van der Waals surface area contributed by atoms with Crippen molar-refractivity contribution in [2.75, 3.05) is 11.9 Å². The maximum Gasteiger partial charge on any atom is 0.416 e. The van der Waals surface area contributed by atoms with Crippen molar-refractivity contribution in [3.63, 3.8) is 0 Å². The van der Waals surface area contributed by atoms with Gasteiger partial charge in [0.1, 0.15) is 0 Å². The van der Waals surface area contributed by atoms with E-state index in [1.54, 1.807) is 12.1 Å². The average molecular weight is 468 g/mol. The fraction of sp³-hybridized carbons (Fsp3) is 0.0909. The maximum atomic E-state index is 12.9. The maximum absolute atomic E-state index is 12.9. The molecule has 3 rings (SSSR count). The Bertz CT molecular complexity index is 1130. The molecule has 0 fully saturated rings. The first-order valence-electron chi connectivity index (χ1n) is 8.84. The average Bonchev–Trinajstić information content (AvgIpc) is 2.73. The van der Waals surface area contributed by atoms with Crippen LogP contribution in [0.25, 0.3) is 0 Å². The zero-order valence-electron chi connectivity index (χ0n) is 15.7. The van der Waals surface area contributed by atoms with Crippen LogP contribution in [0.4, 0.5) is 24.5 Å². The molecule has 1 N–H and O–H groups in total. The van der Waals surface area contributed by atoms with Gasteiger partial charge in [-0.15, -0.1) is 0 Å². The molecular weight excluding hydrogens is 454 g/mol. The van der Waals surface area contributed by atoms with Crippen LogP contribution in [0.1, 0.15) is 26.3 Å². The molecule has 0 saturated carbocycles. The molecule has 0 unspecified atom stereocenters. The number of anilines is 2. The van der Waals surface area contributed by atoms with E-state index in [0.29, 0.717) is 0 Å². The molecule has 0 aliphatic rings. The second-order valence-electron chi connectivity index (χ2n) is 6.38. The molecule has 0 spiro atoms. The quantitative estimate of drug-likeness (QED) is 0.320. The van der Waals surface area contributed by atoms with Gasteiger partial charge < -0.3 is 10.1 Å². The van der Waals surface area contributed by atoms with Crippen molar-refractivity contribution in [2.24, 2.45) is 0 Å². The monoisotopic (exact) mass is 467 g/mol. The van der Waals surface area contributed by atoms with Crippen molar-refractivity contribution in [3.05, 3.63) is 93.5 Å². The largest absolute Gasteiger partial charge is 0.454 e. The van der Waals surface area contributed by atoms with Crippen LogP contribution in [0.15, 0.2) is 66.7 Å². The number of esters is 1. The number of para-hydroxylation sites is 1. The molecule has 0 bridgehead atoms. The van der Waals surface area contributed by atoms with Crippen LogP contribution in [-0.2, 0) is 10.9 Å². The summed E-state index contributed by atoms with van der Waals surface area (Å²) in [7, 11) is 0. The van der Waals surface area contributed by atoms with Gasteiger partial charge in [-0.25, -0.2) is 4.79 Å². The zero-order valence-corrected chi connectivity index (χ0v) is 17.2. The van der Waals surface area contributed by atoms with Crippen LogP contribution in [-0.4, -0.2) is 18.4 Å². The molecule has 31 heavy (non-hydrogen) atoms. The van der Waals surface area contributed by atoms with Gasteiger partial charge in [0, 0.05) is 11.3 Å². The lowest BCUT2D eigenvalue weighted by Gasteiger charge is -2.13. The molecule has 0 aliphatic heterocycles. The number of Topliss-reactive ketones (excluding diaryl/α,β-unsaturated/α-hetero) is 1. The summed E-state index contributed by atoms with van der Waals surface area (Å²) in [5.74, 6) is -1.31. The highest BCUT2D eigenvalue weighted by Crippen LogP contribution is 2.32. The number of carbonyl (C=O) groups is 2. The molecule has 160 valence electrons. The van der Waals surface area contributed by atoms with Crippen molar-refractivity contribution in [3.8, 4) is 0 Å². The predicted octanol–water partition coefficient (Wildman–Crippen LogP) is 6.80. The number of halogens is 5. The van der Waals surface area contributed by atoms with E-state index in [9.17, 15) is 22.8 Å². The molecule has 0 atom stereocenters. The summed E-state index contributed by atoms with van der Waals surface area (Å²) >= 11 is 11.7. The molecule has 0 amide bonds. The number of nitrogens with one attached hydrogen (secondary N) is 1. The summed E-state index contributed by atoms with van der Waals surface area (Å²) in [4.78, 5) is 24.7. The topological polar surface area (TPSA) is 55.4 Å². The fourth-order valence-corrected chi connectivity index (χ4v) is 2.96. The van der Waals surface area contributed by atoms with Gasteiger partial charge in [0.25, 0.3) is 0 Å². The number of alkyl halides is 3. The van der Waals surface area contributed by atoms with E-state index in [-0.39, 0.29) is 32.5 Å². The lowest BCUT2D eigenvalue weighted by molar-refractivity contribution is -0.137. The van der Waals surface area contributed by atoms with Crippen LogP contribution >= 0.6 is 23.2 Å². The minimum absolute atomic E-state index is 0.0573. The molecule has 9 heteroatoms. The zero-order chi connectivity index (χ0) is 22.6. The van der Waals surface area contributed by atoms with Gasteiger partial charge >= 0.3 is 12.1 Å². The third-order valence-electron chi connectivity index (χ3n) is 4.19. The normalized spacial score (nSPS) is 11.1. The summed E-state index contributed by atoms with van der Waals surface area (Å²) in [5, 5.41) is 3.25. The van der Waals surface area contributed by atoms with Gasteiger partial charge in [-0.3, -0.25) is 4.79 Å². The summed E-state index contributed by atoms with van der Waals surface area (Å²) in [6.07, 6.45) is -4.50. The highest BCUT2D eigenvalue weighted by molar-refractivity contribution is 6.42. The molecule has 0 aromatic heterocycles. The first-order valence-corrected chi connectivity index (χ1v) is 9.59. The first-order chi connectivity index (χ1) is 14.6. The summed E-state index contributed by atoms with van der Waals surface area (Å²) in [6, 6.07) is 14.9. The van der Waals surface area contributed by atoms with Gasteiger partial charge in [-0.05, 0) is 48.5 Å². The number of ketones is 1.